The average molecular weight is 562 g/mol. The van der Waals surface area contributed by atoms with Gasteiger partial charge in [-0.3, -0.25) is 14.2 Å². The van der Waals surface area contributed by atoms with E-state index in [1.807, 2.05) is 0 Å². The first-order valence-corrected chi connectivity index (χ1v) is 12.7. The number of para-hydroxylation sites is 1. The van der Waals surface area contributed by atoms with Crippen LogP contribution in [0, 0.1) is 6.92 Å². The highest BCUT2D eigenvalue weighted by Gasteiger charge is 2.27. The zero-order valence-electron chi connectivity index (χ0n) is 19.7. The molecule has 0 aliphatic rings. The minimum absolute atomic E-state index is 0.0260. The molecule has 0 spiro atoms. The summed E-state index contributed by atoms with van der Waals surface area (Å²) in [7, 11) is 0. The predicted molar refractivity (Wildman–Crippen MR) is 143 cm³/mol. The minimum Gasteiger partial charge on any atom is -0.462 e. The Labute approximate surface area is 224 Å². The second-order valence-corrected chi connectivity index (χ2v) is 9.71. The highest BCUT2D eigenvalue weighted by Crippen LogP contribution is 2.35. The number of rotatable bonds is 8. The van der Waals surface area contributed by atoms with Crippen LogP contribution in [-0.4, -0.2) is 29.0 Å². The molecule has 0 aliphatic heterocycles. The maximum atomic E-state index is 13.0. The lowest BCUT2D eigenvalue weighted by molar-refractivity contribution is -0.116. The van der Waals surface area contributed by atoms with Gasteiger partial charge in [0.1, 0.15) is 5.00 Å². The van der Waals surface area contributed by atoms with Crippen LogP contribution in [-0.2, 0) is 16.1 Å². The van der Waals surface area contributed by atoms with Gasteiger partial charge in [-0.05, 0) is 43.7 Å². The molecule has 2 aromatic carbocycles. The summed E-state index contributed by atoms with van der Waals surface area (Å²) in [6, 6.07) is 11.5. The number of oxazole rings is 1. The molecule has 0 aliphatic carbocycles. The Morgan fingerprint density at radius 2 is 1.86 bits per heavy atom. The molecule has 9 nitrogen and oxygen atoms in total. The Morgan fingerprint density at radius 1 is 1.11 bits per heavy atom. The number of carbonyl (C=O) groups excluding carboxylic acids is 3. The van der Waals surface area contributed by atoms with Crippen molar-refractivity contribution in [1.29, 1.82) is 0 Å². The van der Waals surface area contributed by atoms with Gasteiger partial charge in [0.2, 0.25) is 5.91 Å². The molecule has 2 aromatic heterocycles. The van der Waals surface area contributed by atoms with E-state index in [0.717, 1.165) is 11.3 Å². The summed E-state index contributed by atoms with van der Waals surface area (Å²) in [5.74, 6) is -2.25. The number of amides is 2. The molecule has 0 radical (unpaired) electrons. The van der Waals surface area contributed by atoms with Crippen LogP contribution in [0.3, 0.4) is 0 Å². The fourth-order valence-electron chi connectivity index (χ4n) is 3.66. The number of aromatic nitrogens is 1. The van der Waals surface area contributed by atoms with Crippen molar-refractivity contribution >= 4 is 74.1 Å². The van der Waals surface area contributed by atoms with E-state index in [0.29, 0.717) is 32.4 Å². The van der Waals surface area contributed by atoms with Crippen molar-refractivity contribution in [1.82, 2.24) is 4.57 Å². The second kappa shape index (κ2) is 11.2. The lowest BCUT2D eigenvalue weighted by atomic mass is 10.1. The molecule has 4 rings (SSSR count). The zero-order chi connectivity index (χ0) is 26.7. The van der Waals surface area contributed by atoms with E-state index in [1.54, 1.807) is 50.2 Å². The first kappa shape index (κ1) is 26.5. The number of anilines is 2. The first-order valence-electron chi connectivity index (χ1n) is 11.1. The van der Waals surface area contributed by atoms with Gasteiger partial charge in [-0.1, -0.05) is 35.3 Å². The van der Waals surface area contributed by atoms with Crippen molar-refractivity contribution in [2.75, 3.05) is 17.2 Å². The molecule has 4 aromatic rings. The van der Waals surface area contributed by atoms with Crippen molar-refractivity contribution in [3.05, 3.63) is 79.1 Å². The van der Waals surface area contributed by atoms with Gasteiger partial charge in [0.25, 0.3) is 5.91 Å². The molecule has 12 heteroatoms. The van der Waals surface area contributed by atoms with Gasteiger partial charge < -0.3 is 19.8 Å². The Hall–Kier alpha value is -3.60. The fourth-order valence-corrected chi connectivity index (χ4v) is 5.11. The van der Waals surface area contributed by atoms with Crippen molar-refractivity contribution in [3.63, 3.8) is 0 Å². The van der Waals surface area contributed by atoms with E-state index in [4.69, 9.17) is 32.4 Å². The number of halogens is 2. The number of aryl methyl sites for hydroxylation is 1. The number of carbonyl (C=O) groups is 3. The molecule has 0 saturated carbocycles. The van der Waals surface area contributed by atoms with Crippen molar-refractivity contribution < 1.29 is 23.5 Å². The van der Waals surface area contributed by atoms with Gasteiger partial charge in [0.15, 0.2) is 5.58 Å². The summed E-state index contributed by atoms with van der Waals surface area (Å²) < 4.78 is 11.7. The molecule has 0 bridgehead atoms. The van der Waals surface area contributed by atoms with Crippen LogP contribution < -0.4 is 16.4 Å². The summed E-state index contributed by atoms with van der Waals surface area (Å²) in [4.78, 5) is 51.0. The standard InChI is InChI=1S/C25H21Cl2N3O6S/c1-3-35-24(33)20-13(2)21(22(32)28-16-7-5-4-6-15(16)27)37-23(20)29-19(31)10-11-30-17-9-8-14(26)12-18(17)36-25(30)34/h4-9,12H,3,10-11H2,1-2H3,(H,28,32)(H,29,31). The third-order valence-electron chi connectivity index (χ3n) is 5.40. The lowest BCUT2D eigenvalue weighted by Gasteiger charge is -2.07. The Bertz CT molecular complexity index is 1570. The van der Waals surface area contributed by atoms with Gasteiger partial charge in [0.05, 0.1) is 33.3 Å². The van der Waals surface area contributed by atoms with E-state index in [1.165, 1.54) is 10.6 Å². The fraction of sp³-hybridized carbons (Fsp3) is 0.200. The number of benzene rings is 2. The normalized spacial score (nSPS) is 10.9. The number of hydrogen-bond acceptors (Lipinski definition) is 7. The van der Waals surface area contributed by atoms with E-state index in [2.05, 4.69) is 10.6 Å². The SMILES string of the molecule is CCOC(=O)c1c(NC(=O)CCn2c(=O)oc3cc(Cl)ccc32)sc(C(=O)Nc2ccccc2Cl)c1C. The second-order valence-electron chi connectivity index (χ2n) is 7.84. The smallest absolute Gasteiger partial charge is 0.419 e. The van der Waals surface area contributed by atoms with Crippen LogP contribution >= 0.6 is 34.5 Å². The number of hydrogen-bond donors (Lipinski definition) is 2. The van der Waals surface area contributed by atoms with Crippen LogP contribution in [0.1, 0.15) is 38.9 Å². The van der Waals surface area contributed by atoms with E-state index in [9.17, 15) is 19.2 Å². The largest absolute Gasteiger partial charge is 0.462 e. The van der Waals surface area contributed by atoms with Crippen LogP contribution in [0.2, 0.25) is 10.0 Å². The van der Waals surface area contributed by atoms with Crippen LogP contribution in [0.4, 0.5) is 10.7 Å². The highest BCUT2D eigenvalue weighted by atomic mass is 35.5. The average Bonchev–Trinajstić information content (AvgIpc) is 3.34. The zero-order valence-corrected chi connectivity index (χ0v) is 22.1. The van der Waals surface area contributed by atoms with Crippen molar-refractivity contribution in [3.8, 4) is 0 Å². The molecular formula is C25H21Cl2N3O6S. The maximum absolute atomic E-state index is 13.0. The van der Waals surface area contributed by atoms with Crippen molar-refractivity contribution in [2.24, 2.45) is 0 Å². The highest BCUT2D eigenvalue weighted by molar-refractivity contribution is 7.19. The topological polar surface area (TPSA) is 120 Å². The summed E-state index contributed by atoms with van der Waals surface area (Å²) >= 11 is 13.0. The number of esters is 1. The number of ether oxygens (including phenoxy) is 1. The predicted octanol–water partition coefficient (Wildman–Crippen LogP) is 5.73. The minimum atomic E-state index is -0.669. The number of nitrogens with zero attached hydrogens (tertiary/aromatic N) is 1. The molecule has 0 fully saturated rings. The van der Waals surface area contributed by atoms with Gasteiger partial charge in [-0.25, -0.2) is 9.59 Å². The number of thiophene rings is 1. The van der Waals surface area contributed by atoms with E-state index >= 15 is 0 Å². The van der Waals surface area contributed by atoms with Gasteiger partial charge in [-0.2, -0.15) is 0 Å². The van der Waals surface area contributed by atoms with Gasteiger partial charge in [-0.15, -0.1) is 11.3 Å². The third kappa shape index (κ3) is 5.71. The Balaban J connectivity index is 1.56. The molecule has 0 unspecified atom stereocenters. The monoisotopic (exact) mass is 561 g/mol. The quantitative estimate of drug-likeness (QED) is 0.265. The molecule has 37 heavy (non-hydrogen) atoms. The Kier molecular flexibility index (Phi) is 8.01. The van der Waals surface area contributed by atoms with Gasteiger partial charge in [0, 0.05) is 24.1 Å². The molecule has 2 amide bonds. The van der Waals surface area contributed by atoms with Crippen LogP contribution in [0.15, 0.2) is 51.7 Å². The summed E-state index contributed by atoms with van der Waals surface area (Å²) in [6.45, 7) is 3.40. The molecule has 0 atom stereocenters. The number of fused-ring (bicyclic) bond motifs is 1. The maximum Gasteiger partial charge on any atom is 0.419 e. The lowest BCUT2D eigenvalue weighted by Crippen LogP contribution is -2.20. The molecule has 2 heterocycles. The molecular weight excluding hydrogens is 541 g/mol. The Morgan fingerprint density at radius 3 is 2.59 bits per heavy atom. The molecule has 0 saturated heterocycles. The van der Waals surface area contributed by atoms with Gasteiger partial charge >= 0.3 is 11.7 Å². The summed E-state index contributed by atoms with van der Waals surface area (Å²) in [5, 5.41) is 6.35. The molecule has 2 N–H and O–H groups in total. The third-order valence-corrected chi connectivity index (χ3v) is 7.17. The van der Waals surface area contributed by atoms with E-state index < -0.39 is 23.5 Å². The number of nitrogens with one attached hydrogen (secondary N) is 2. The molecule has 192 valence electrons. The first-order chi connectivity index (χ1) is 17.7. The summed E-state index contributed by atoms with van der Waals surface area (Å²) in [6.07, 6.45) is -0.0997. The summed E-state index contributed by atoms with van der Waals surface area (Å²) in [5.41, 5.74) is 1.66. The van der Waals surface area contributed by atoms with E-state index in [-0.39, 0.29) is 35.0 Å². The van der Waals surface area contributed by atoms with Crippen LogP contribution in [0.5, 0.6) is 0 Å². The van der Waals surface area contributed by atoms with Crippen molar-refractivity contribution in [2.45, 2.75) is 26.8 Å². The van der Waals surface area contributed by atoms with Crippen LogP contribution in [0.25, 0.3) is 11.1 Å².